The first-order valence-corrected chi connectivity index (χ1v) is 8.13. The molecule has 0 amide bonds. The minimum absolute atomic E-state index is 0.499. The van der Waals surface area contributed by atoms with Crippen LogP contribution in [0.3, 0.4) is 0 Å². The number of nitrogens with one attached hydrogen (secondary N) is 1. The van der Waals surface area contributed by atoms with Crippen molar-refractivity contribution in [2.24, 2.45) is 11.5 Å². The first-order valence-electron chi connectivity index (χ1n) is 8.13. The summed E-state index contributed by atoms with van der Waals surface area (Å²) in [6.45, 7) is 0. The van der Waals surface area contributed by atoms with Crippen LogP contribution in [0.4, 0.5) is 5.82 Å². The molecule has 0 saturated heterocycles. The van der Waals surface area contributed by atoms with Gasteiger partial charge in [0, 0.05) is 17.6 Å². The number of benzene rings is 1. The molecular weight excluding hydrogens is 286 g/mol. The lowest BCUT2D eigenvalue weighted by atomic mass is 9.95. The van der Waals surface area contributed by atoms with E-state index in [2.05, 4.69) is 21.4 Å². The highest BCUT2D eigenvalue weighted by atomic mass is 15.0. The SMILES string of the molecule is N/C=C\C(=C/N)c1ccc2ncnc(NC3CCCCC3)c2c1. The van der Waals surface area contributed by atoms with Gasteiger partial charge in [-0.1, -0.05) is 25.3 Å². The van der Waals surface area contributed by atoms with Gasteiger partial charge in [0.05, 0.1) is 5.52 Å². The van der Waals surface area contributed by atoms with Crippen molar-refractivity contribution in [3.8, 4) is 0 Å². The van der Waals surface area contributed by atoms with Crippen LogP contribution in [-0.4, -0.2) is 16.0 Å². The molecule has 1 aliphatic carbocycles. The van der Waals surface area contributed by atoms with Crippen LogP contribution < -0.4 is 16.8 Å². The zero-order chi connectivity index (χ0) is 16.1. The minimum Gasteiger partial charge on any atom is -0.405 e. The summed E-state index contributed by atoms with van der Waals surface area (Å²) < 4.78 is 0. The molecule has 1 aromatic carbocycles. The van der Waals surface area contributed by atoms with Gasteiger partial charge in [-0.2, -0.15) is 0 Å². The molecular formula is C18H23N5. The van der Waals surface area contributed by atoms with E-state index in [1.54, 1.807) is 18.6 Å². The van der Waals surface area contributed by atoms with Crippen LogP contribution in [0.2, 0.25) is 0 Å². The second-order valence-corrected chi connectivity index (χ2v) is 5.91. The Morgan fingerprint density at radius 1 is 1.13 bits per heavy atom. The number of anilines is 1. The molecule has 5 N–H and O–H groups in total. The molecule has 0 spiro atoms. The van der Waals surface area contributed by atoms with E-state index in [4.69, 9.17) is 11.5 Å². The van der Waals surface area contributed by atoms with Gasteiger partial charge >= 0.3 is 0 Å². The number of aromatic nitrogens is 2. The molecule has 1 fully saturated rings. The van der Waals surface area contributed by atoms with Crippen LogP contribution in [0.25, 0.3) is 16.5 Å². The quantitative estimate of drug-likeness (QED) is 0.755. The third-order valence-electron chi connectivity index (χ3n) is 4.37. The molecule has 5 nitrogen and oxygen atoms in total. The van der Waals surface area contributed by atoms with E-state index < -0.39 is 0 Å². The highest BCUT2D eigenvalue weighted by Gasteiger charge is 2.15. The fraction of sp³-hybridized carbons (Fsp3) is 0.333. The molecule has 0 bridgehead atoms. The second-order valence-electron chi connectivity index (χ2n) is 5.91. The van der Waals surface area contributed by atoms with Crippen LogP contribution in [0.15, 0.2) is 43.0 Å². The van der Waals surface area contributed by atoms with Gasteiger partial charge in [0.25, 0.3) is 0 Å². The molecule has 2 aromatic rings. The molecule has 0 unspecified atom stereocenters. The maximum Gasteiger partial charge on any atom is 0.137 e. The zero-order valence-corrected chi connectivity index (χ0v) is 13.2. The highest BCUT2D eigenvalue weighted by Crippen LogP contribution is 2.27. The Morgan fingerprint density at radius 3 is 2.70 bits per heavy atom. The Balaban J connectivity index is 1.97. The van der Waals surface area contributed by atoms with Crippen molar-refractivity contribution in [3.63, 3.8) is 0 Å². The van der Waals surface area contributed by atoms with Gasteiger partial charge in [-0.15, -0.1) is 0 Å². The molecule has 5 heteroatoms. The third-order valence-corrected chi connectivity index (χ3v) is 4.37. The maximum atomic E-state index is 5.71. The first kappa shape index (κ1) is 15.3. The number of fused-ring (bicyclic) bond motifs is 1. The smallest absolute Gasteiger partial charge is 0.137 e. The van der Waals surface area contributed by atoms with Crippen molar-refractivity contribution in [2.45, 2.75) is 38.1 Å². The molecule has 23 heavy (non-hydrogen) atoms. The summed E-state index contributed by atoms with van der Waals surface area (Å²) in [5.74, 6) is 0.900. The Morgan fingerprint density at radius 2 is 1.96 bits per heavy atom. The van der Waals surface area contributed by atoms with E-state index in [-0.39, 0.29) is 0 Å². The fourth-order valence-corrected chi connectivity index (χ4v) is 3.14. The monoisotopic (exact) mass is 309 g/mol. The highest BCUT2D eigenvalue weighted by molar-refractivity contribution is 5.92. The minimum atomic E-state index is 0.499. The summed E-state index contributed by atoms with van der Waals surface area (Å²) in [4.78, 5) is 8.82. The van der Waals surface area contributed by atoms with Gasteiger partial charge in [-0.05, 0) is 48.4 Å². The van der Waals surface area contributed by atoms with Crippen molar-refractivity contribution in [1.29, 1.82) is 0 Å². The molecule has 0 atom stereocenters. The van der Waals surface area contributed by atoms with E-state index in [0.717, 1.165) is 27.9 Å². The van der Waals surface area contributed by atoms with Crippen molar-refractivity contribution in [2.75, 3.05) is 5.32 Å². The standard InChI is InChI=1S/C18H23N5/c19-9-8-14(11-20)13-6-7-17-16(10-13)18(22-12-21-17)23-15-4-2-1-3-5-15/h6-12,15H,1-5,19-20H2,(H,21,22,23)/b9-8-,14-11+. The average Bonchev–Trinajstić information content (AvgIpc) is 2.60. The van der Waals surface area contributed by atoms with Gasteiger partial charge in [0.2, 0.25) is 0 Å². The molecule has 1 aromatic heterocycles. The Kier molecular flexibility index (Phi) is 4.76. The number of nitrogens with zero attached hydrogens (tertiary/aromatic N) is 2. The van der Waals surface area contributed by atoms with Gasteiger partial charge in [-0.3, -0.25) is 0 Å². The van der Waals surface area contributed by atoms with E-state index in [0.29, 0.717) is 6.04 Å². The molecule has 3 rings (SSSR count). The van der Waals surface area contributed by atoms with E-state index in [1.165, 1.54) is 38.3 Å². The molecule has 1 heterocycles. The normalized spacial score (nSPS) is 17.0. The van der Waals surface area contributed by atoms with Gasteiger partial charge in [0.15, 0.2) is 0 Å². The van der Waals surface area contributed by atoms with Crippen molar-refractivity contribution >= 4 is 22.3 Å². The number of rotatable bonds is 4. The topological polar surface area (TPSA) is 89.9 Å². The lowest BCUT2D eigenvalue weighted by Crippen LogP contribution is -2.23. The lowest BCUT2D eigenvalue weighted by molar-refractivity contribution is 0.462. The van der Waals surface area contributed by atoms with Crippen molar-refractivity contribution in [1.82, 2.24) is 9.97 Å². The van der Waals surface area contributed by atoms with Gasteiger partial charge in [-0.25, -0.2) is 9.97 Å². The van der Waals surface area contributed by atoms with Crippen LogP contribution in [0, 0.1) is 0 Å². The summed E-state index contributed by atoms with van der Waals surface area (Å²) in [7, 11) is 0. The molecule has 0 aliphatic heterocycles. The van der Waals surface area contributed by atoms with Gasteiger partial charge < -0.3 is 16.8 Å². The number of hydrogen-bond acceptors (Lipinski definition) is 5. The summed E-state index contributed by atoms with van der Waals surface area (Å²) in [6.07, 6.45) is 12.8. The Labute approximate surface area is 136 Å². The third kappa shape index (κ3) is 3.44. The second kappa shape index (κ2) is 7.13. The van der Waals surface area contributed by atoms with Crippen LogP contribution >= 0.6 is 0 Å². The predicted molar refractivity (Wildman–Crippen MR) is 95.5 cm³/mol. The van der Waals surface area contributed by atoms with E-state index >= 15 is 0 Å². The van der Waals surface area contributed by atoms with Gasteiger partial charge in [0.1, 0.15) is 12.1 Å². The van der Waals surface area contributed by atoms with Crippen LogP contribution in [0.1, 0.15) is 37.7 Å². The Hall–Kier alpha value is -2.56. The van der Waals surface area contributed by atoms with Crippen LogP contribution in [0.5, 0.6) is 0 Å². The number of allylic oxidation sites excluding steroid dienone is 2. The largest absolute Gasteiger partial charge is 0.405 e. The maximum absolute atomic E-state index is 5.71. The lowest BCUT2D eigenvalue weighted by Gasteiger charge is -2.23. The molecule has 1 saturated carbocycles. The fourth-order valence-electron chi connectivity index (χ4n) is 3.14. The van der Waals surface area contributed by atoms with E-state index in [1.807, 2.05) is 12.1 Å². The van der Waals surface area contributed by atoms with Crippen LogP contribution in [-0.2, 0) is 0 Å². The molecule has 120 valence electrons. The van der Waals surface area contributed by atoms with E-state index in [9.17, 15) is 0 Å². The summed E-state index contributed by atoms with van der Waals surface area (Å²) in [5, 5.41) is 4.61. The number of hydrogen-bond donors (Lipinski definition) is 3. The summed E-state index contributed by atoms with van der Waals surface area (Å²) in [5.41, 5.74) is 14.0. The summed E-state index contributed by atoms with van der Waals surface area (Å²) in [6, 6.07) is 6.56. The average molecular weight is 309 g/mol. The Bertz CT molecular complexity index is 729. The molecule has 1 aliphatic rings. The molecule has 0 radical (unpaired) electrons. The van der Waals surface area contributed by atoms with Crippen molar-refractivity contribution in [3.05, 3.63) is 48.6 Å². The zero-order valence-electron chi connectivity index (χ0n) is 13.2. The number of nitrogens with two attached hydrogens (primary N) is 2. The van der Waals surface area contributed by atoms with Crippen molar-refractivity contribution < 1.29 is 0 Å². The predicted octanol–water partition coefficient (Wildman–Crippen LogP) is 3.15. The summed E-state index contributed by atoms with van der Waals surface area (Å²) >= 11 is 0. The first-order chi connectivity index (χ1) is 11.3.